The number of benzene rings is 1. The standard InChI is InChI=1S/C14H15FN2S/c1-14(2,7-16)13-17-12-10-4-3-9(15)5-8(10)6-11(12)18-13/h3-5H,6-7,16H2,1-2H3. The Morgan fingerprint density at radius 3 is 2.94 bits per heavy atom. The van der Waals surface area contributed by atoms with Gasteiger partial charge in [-0.25, -0.2) is 9.37 Å². The predicted molar refractivity (Wildman–Crippen MR) is 72.4 cm³/mol. The minimum absolute atomic E-state index is 0.0881. The summed E-state index contributed by atoms with van der Waals surface area (Å²) in [4.78, 5) is 5.95. The minimum Gasteiger partial charge on any atom is -0.330 e. The summed E-state index contributed by atoms with van der Waals surface area (Å²) in [6.45, 7) is 4.79. The van der Waals surface area contributed by atoms with E-state index in [2.05, 4.69) is 13.8 Å². The number of nitrogens with two attached hydrogens (primary N) is 1. The highest BCUT2D eigenvalue weighted by Gasteiger charge is 2.29. The second-order valence-corrected chi connectivity index (χ2v) is 6.44. The molecule has 1 aromatic carbocycles. The molecule has 3 rings (SSSR count). The molecule has 0 spiro atoms. The van der Waals surface area contributed by atoms with Gasteiger partial charge in [-0.3, -0.25) is 0 Å². The van der Waals surface area contributed by atoms with E-state index in [4.69, 9.17) is 10.7 Å². The van der Waals surface area contributed by atoms with E-state index >= 15 is 0 Å². The number of hydrogen-bond acceptors (Lipinski definition) is 3. The van der Waals surface area contributed by atoms with Crippen molar-refractivity contribution >= 4 is 11.3 Å². The van der Waals surface area contributed by atoms with Crippen LogP contribution in [0.2, 0.25) is 0 Å². The van der Waals surface area contributed by atoms with E-state index in [0.29, 0.717) is 6.54 Å². The fraction of sp³-hybridized carbons (Fsp3) is 0.357. The van der Waals surface area contributed by atoms with Crippen LogP contribution in [-0.4, -0.2) is 11.5 Å². The van der Waals surface area contributed by atoms with Crippen LogP contribution >= 0.6 is 11.3 Å². The van der Waals surface area contributed by atoms with Gasteiger partial charge < -0.3 is 5.73 Å². The van der Waals surface area contributed by atoms with Gasteiger partial charge in [-0.05, 0) is 23.8 Å². The minimum atomic E-state index is -0.175. The average Bonchev–Trinajstić information content (AvgIpc) is 2.85. The van der Waals surface area contributed by atoms with E-state index in [9.17, 15) is 4.39 Å². The van der Waals surface area contributed by atoms with Gasteiger partial charge in [0.05, 0.1) is 5.69 Å². The van der Waals surface area contributed by atoms with Gasteiger partial charge in [-0.15, -0.1) is 11.3 Å². The number of rotatable bonds is 2. The Hall–Kier alpha value is -1.26. The van der Waals surface area contributed by atoms with Gasteiger partial charge in [0.1, 0.15) is 10.8 Å². The second-order valence-electron chi connectivity index (χ2n) is 5.36. The van der Waals surface area contributed by atoms with Crippen molar-refractivity contribution in [3.8, 4) is 11.3 Å². The lowest BCUT2D eigenvalue weighted by Crippen LogP contribution is -2.27. The zero-order chi connectivity index (χ0) is 12.9. The van der Waals surface area contributed by atoms with Gasteiger partial charge in [0.2, 0.25) is 0 Å². The quantitative estimate of drug-likeness (QED) is 0.770. The molecule has 1 aliphatic carbocycles. The van der Waals surface area contributed by atoms with Crippen molar-refractivity contribution < 1.29 is 4.39 Å². The lowest BCUT2D eigenvalue weighted by molar-refractivity contribution is 0.536. The molecule has 1 aliphatic rings. The topological polar surface area (TPSA) is 38.9 Å². The molecule has 94 valence electrons. The number of halogens is 1. The van der Waals surface area contributed by atoms with Gasteiger partial charge >= 0.3 is 0 Å². The van der Waals surface area contributed by atoms with Crippen molar-refractivity contribution in [3.63, 3.8) is 0 Å². The molecule has 0 fully saturated rings. The third kappa shape index (κ3) is 1.68. The number of hydrogen-bond donors (Lipinski definition) is 1. The molecule has 0 aliphatic heterocycles. The molecule has 0 unspecified atom stereocenters. The monoisotopic (exact) mass is 262 g/mol. The molecule has 2 nitrogen and oxygen atoms in total. The first kappa shape index (κ1) is 11.8. The van der Waals surface area contributed by atoms with Gasteiger partial charge in [0.15, 0.2) is 0 Å². The lowest BCUT2D eigenvalue weighted by atomic mass is 9.95. The summed E-state index contributed by atoms with van der Waals surface area (Å²) >= 11 is 1.70. The van der Waals surface area contributed by atoms with E-state index in [1.165, 1.54) is 10.9 Å². The van der Waals surface area contributed by atoms with Crippen molar-refractivity contribution in [2.45, 2.75) is 25.7 Å². The molecule has 2 aromatic rings. The summed E-state index contributed by atoms with van der Waals surface area (Å²) in [5.41, 5.74) is 8.83. The number of thiazole rings is 1. The highest BCUT2D eigenvalue weighted by Crippen LogP contribution is 2.42. The molecule has 18 heavy (non-hydrogen) atoms. The molecule has 0 radical (unpaired) electrons. The van der Waals surface area contributed by atoms with Gasteiger partial charge in [-0.2, -0.15) is 0 Å². The summed E-state index contributed by atoms with van der Waals surface area (Å²) in [5.74, 6) is -0.175. The fourth-order valence-corrected chi connectivity index (χ4v) is 3.38. The zero-order valence-electron chi connectivity index (χ0n) is 10.5. The van der Waals surface area contributed by atoms with Gasteiger partial charge in [-0.1, -0.05) is 13.8 Å². The van der Waals surface area contributed by atoms with Gasteiger partial charge in [0.25, 0.3) is 0 Å². The molecule has 0 bridgehead atoms. The fourth-order valence-electron chi connectivity index (χ4n) is 2.17. The van der Waals surface area contributed by atoms with E-state index in [0.717, 1.165) is 28.2 Å². The highest BCUT2D eigenvalue weighted by molar-refractivity contribution is 7.12. The van der Waals surface area contributed by atoms with Crippen LogP contribution in [-0.2, 0) is 11.8 Å². The zero-order valence-corrected chi connectivity index (χ0v) is 11.3. The third-order valence-electron chi connectivity index (χ3n) is 3.46. The van der Waals surface area contributed by atoms with Crippen LogP contribution < -0.4 is 5.73 Å². The highest BCUT2D eigenvalue weighted by atomic mass is 32.1. The molecule has 0 saturated carbocycles. The van der Waals surface area contributed by atoms with Crippen molar-refractivity contribution in [2.24, 2.45) is 5.73 Å². The van der Waals surface area contributed by atoms with Crippen molar-refractivity contribution in [3.05, 3.63) is 39.5 Å². The van der Waals surface area contributed by atoms with E-state index in [1.807, 2.05) is 6.07 Å². The van der Waals surface area contributed by atoms with Crippen LogP contribution in [0.5, 0.6) is 0 Å². The number of aromatic nitrogens is 1. The van der Waals surface area contributed by atoms with Gasteiger partial charge in [0, 0.05) is 28.8 Å². The van der Waals surface area contributed by atoms with Crippen molar-refractivity contribution in [2.75, 3.05) is 6.54 Å². The maximum atomic E-state index is 13.2. The lowest BCUT2D eigenvalue weighted by Gasteiger charge is -2.18. The van der Waals surface area contributed by atoms with E-state index < -0.39 is 0 Å². The summed E-state index contributed by atoms with van der Waals surface area (Å²) in [7, 11) is 0. The summed E-state index contributed by atoms with van der Waals surface area (Å²) in [6, 6.07) is 4.94. The Kier molecular flexibility index (Phi) is 2.54. The van der Waals surface area contributed by atoms with E-state index in [-0.39, 0.29) is 11.2 Å². The van der Waals surface area contributed by atoms with Crippen molar-refractivity contribution in [1.82, 2.24) is 4.98 Å². The molecule has 1 aromatic heterocycles. The Morgan fingerprint density at radius 2 is 2.22 bits per heavy atom. The maximum absolute atomic E-state index is 13.2. The molecule has 2 N–H and O–H groups in total. The molecular weight excluding hydrogens is 247 g/mol. The normalized spacial score (nSPS) is 13.6. The maximum Gasteiger partial charge on any atom is 0.123 e. The van der Waals surface area contributed by atoms with E-state index in [1.54, 1.807) is 17.4 Å². The van der Waals surface area contributed by atoms with Crippen LogP contribution in [0.4, 0.5) is 4.39 Å². The second kappa shape index (κ2) is 3.87. The van der Waals surface area contributed by atoms with Crippen LogP contribution in [0, 0.1) is 5.82 Å². The SMILES string of the molecule is CC(C)(CN)c1nc2c(s1)Cc1cc(F)ccc1-2. The molecule has 1 heterocycles. The average molecular weight is 262 g/mol. The van der Waals surface area contributed by atoms with Crippen LogP contribution in [0.3, 0.4) is 0 Å². The first-order valence-electron chi connectivity index (χ1n) is 6.00. The summed E-state index contributed by atoms with van der Waals surface area (Å²) in [5, 5.41) is 1.07. The van der Waals surface area contributed by atoms with Crippen LogP contribution in [0.25, 0.3) is 11.3 Å². The first-order valence-corrected chi connectivity index (χ1v) is 6.82. The number of fused-ring (bicyclic) bond motifs is 3. The first-order chi connectivity index (χ1) is 8.51. The smallest absolute Gasteiger partial charge is 0.123 e. The Balaban J connectivity index is 2.08. The van der Waals surface area contributed by atoms with Crippen LogP contribution in [0.15, 0.2) is 18.2 Å². The molecule has 0 amide bonds. The Labute approximate surface area is 110 Å². The predicted octanol–water partition coefficient (Wildman–Crippen LogP) is 3.09. The molecular formula is C14H15FN2S. The summed E-state index contributed by atoms with van der Waals surface area (Å²) < 4.78 is 13.2. The largest absolute Gasteiger partial charge is 0.330 e. The van der Waals surface area contributed by atoms with Crippen molar-refractivity contribution in [1.29, 1.82) is 0 Å². The number of nitrogens with zero attached hydrogens (tertiary/aromatic N) is 1. The Bertz CT molecular complexity index is 616. The van der Waals surface area contributed by atoms with Crippen LogP contribution in [0.1, 0.15) is 29.3 Å². The Morgan fingerprint density at radius 1 is 1.44 bits per heavy atom. The summed E-state index contributed by atoms with van der Waals surface area (Å²) in [6.07, 6.45) is 0.792. The molecule has 0 atom stereocenters. The molecule has 0 saturated heterocycles. The third-order valence-corrected chi connectivity index (χ3v) is 4.88. The molecule has 4 heteroatoms.